The topological polar surface area (TPSA) is 19.9 Å². The molecule has 0 saturated carbocycles. The molecule has 0 aromatic carbocycles. The highest BCUT2D eigenvalue weighted by Gasteiger charge is 1.72. The predicted molar refractivity (Wildman–Crippen MR) is 15.6 cm³/mol. The molecule has 0 aliphatic carbocycles. The van der Waals surface area contributed by atoms with Gasteiger partial charge in [-0.05, 0) is 6.92 Å². The van der Waals surface area contributed by atoms with E-state index in [9.17, 15) is 4.39 Å². The Morgan fingerprint density at radius 2 is 2.20 bits per heavy atom. The third kappa shape index (κ3) is 3.47. The Balaban J connectivity index is 3.14. The SMILES string of the molecule is CC(F)=C[O]. The molecule has 29 valence electrons. The first-order valence-electron chi connectivity index (χ1n) is 1.21. The second-order valence-corrected chi connectivity index (χ2v) is 0.705. The molecule has 0 fully saturated rings. The van der Waals surface area contributed by atoms with Crippen molar-refractivity contribution in [3.05, 3.63) is 12.1 Å². The van der Waals surface area contributed by atoms with Crippen LogP contribution < -0.4 is 0 Å². The van der Waals surface area contributed by atoms with Gasteiger partial charge in [0.1, 0.15) is 5.83 Å². The highest BCUT2D eigenvalue weighted by atomic mass is 19.1. The summed E-state index contributed by atoms with van der Waals surface area (Å²) in [7, 11) is 0. The summed E-state index contributed by atoms with van der Waals surface area (Å²) in [6.45, 7) is 1.10. The van der Waals surface area contributed by atoms with Gasteiger partial charge in [-0.15, -0.1) is 0 Å². The Hall–Kier alpha value is -0.530. The summed E-state index contributed by atoms with van der Waals surface area (Å²) in [6.07, 6.45) is 0.167. The molecule has 0 saturated heterocycles. The van der Waals surface area contributed by atoms with Crippen molar-refractivity contribution in [1.29, 1.82) is 0 Å². The van der Waals surface area contributed by atoms with Gasteiger partial charge in [-0.3, -0.25) is 5.11 Å². The average molecular weight is 75.1 g/mol. The lowest BCUT2D eigenvalue weighted by Gasteiger charge is -1.64. The number of halogens is 1. The van der Waals surface area contributed by atoms with E-state index in [2.05, 4.69) is 0 Å². The summed E-state index contributed by atoms with van der Waals surface area (Å²) in [5.74, 6) is -0.676. The third-order valence-electron chi connectivity index (χ3n) is 0.162. The van der Waals surface area contributed by atoms with Crippen LogP contribution >= 0.6 is 0 Å². The Kier molecular flexibility index (Phi) is 1.57. The lowest BCUT2D eigenvalue weighted by Crippen LogP contribution is -1.50. The molecular weight excluding hydrogens is 71.0 g/mol. The summed E-state index contributed by atoms with van der Waals surface area (Å²) in [5.41, 5.74) is 0. The molecule has 0 amide bonds. The number of allylic oxidation sites excluding steroid dienone is 1. The van der Waals surface area contributed by atoms with E-state index in [0.29, 0.717) is 0 Å². The molecule has 2 heteroatoms. The van der Waals surface area contributed by atoms with Crippen molar-refractivity contribution in [3.63, 3.8) is 0 Å². The summed E-state index contributed by atoms with van der Waals surface area (Å²) in [4.78, 5) is 0. The molecule has 0 spiro atoms. The highest BCUT2D eigenvalue weighted by Crippen LogP contribution is 1.86. The maximum Gasteiger partial charge on any atom is 0.173 e. The fraction of sp³-hybridized carbons (Fsp3) is 0.333. The maximum absolute atomic E-state index is 11.0. The predicted octanol–water partition coefficient (Wildman–Crippen LogP) is 1.25. The van der Waals surface area contributed by atoms with Crippen LogP contribution in [0.1, 0.15) is 6.92 Å². The van der Waals surface area contributed by atoms with Gasteiger partial charge in [-0.1, -0.05) is 0 Å². The van der Waals surface area contributed by atoms with Crippen LogP contribution in [0.4, 0.5) is 4.39 Å². The van der Waals surface area contributed by atoms with Crippen LogP contribution in [0.25, 0.3) is 0 Å². The number of hydrogen-bond acceptors (Lipinski definition) is 0. The first-order chi connectivity index (χ1) is 2.27. The molecule has 1 nitrogen and oxygen atoms in total. The zero-order chi connectivity index (χ0) is 4.28. The summed E-state index contributed by atoms with van der Waals surface area (Å²) in [6, 6.07) is 0. The zero-order valence-electron chi connectivity index (χ0n) is 2.86. The van der Waals surface area contributed by atoms with Crippen LogP contribution in [0, 0.1) is 0 Å². The zero-order valence-corrected chi connectivity index (χ0v) is 2.86. The minimum absolute atomic E-state index is 0.167. The van der Waals surface area contributed by atoms with Crippen molar-refractivity contribution in [1.82, 2.24) is 0 Å². The Labute approximate surface area is 29.7 Å². The minimum Gasteiger partial charge on any atom is -0.296 e. The van der Waals surface area contributed by atoms with Crippen molar-refractivity contribution in [2.24, 2.45) is 0 Å². The van der Waals surface area contributed by atoms with E-state index in [-0.39, 0.29) is 6.26 Å². The van der Waals surface area contributed by atoms with Gasteiger partial charge in [-0.25, -0.2) is 4.39 Å². The van der Waals surface area contributed by atoms with Gasteiger partial charge in [0.15, 0.2) is 6.26 Å². The van der Waals surface area contributed by atoms with Crippen molar-refractivity contribution >= 4 is 0 Å². The molecule has 0 aromatic heterocycles. The lowest BCUT2D eigenvalue weighted by atomic mass is 10.7. The van der Waals surface area contributed by atoms with E-state index in [0.717, 1.165) is 6.92 Å². The second-order valence-electron chi connectivity index (χ2n) is 0.705. The lowest BCUT2D eigenvalue weighted by molar-refractivity contribution is 0.333. The number of hydrogen-bond donors (Lipinski definition) is 0. The van der Waals surface area contributed by atoms with Gasteiger partial charge in [0.2, 0.25) is 0 Å². The standard InChI is InChI=1S/C3H4FO/c1-3(4)2-5/h2H,1H3. The molecule has 0 bridgehead atoms. The van der Waals surface area contributed by atoms with Gasteiger partial charge in [-0.2, -0.15) is 0 Å². The average Bonchev–Trinajstić information content (AvgIpc) is 1.38. The molecule has 0 rings (SSSR count). The van der Waals surface area contributed by atoms with E-state index in [1.165, 1.54) is 0 Å². The van der Waals surface area contributed by atoms with Gasteiger partial charge >= 0.3 is 0 Å². The Bertz CT molecular complexity index is 44.9. The van der Waals surface area contributed by atoms with Gasteiger partial charge < -0.3 is 0 Å². The van der Waals surface area contributed by atoms with Crippen molar-refractivity contribution in [3.8, 4) is 0 Å². The van der Waals surface area contributed by atoms with E-state index in [4.69, 9.17) is 5.11 Å². The quantitative estimate of drug-likeness (QED) is 0.386. The summed E-state index contributed by atoms with van der Waals surface area (Å²) in [5, 5.41) is 9.09. The first kappa shape index (κ1) is 4.47. The van der Waals surface area contributed by atoms with Crippen LogP contribution in [0.15, 0.2) is 12.1 Å². The van der Waals surface area contributed by atoms with Gasteiger partial charge in [0, 0.05) is 0 Å². The van der Waals surface area contributed by atoms with Gasteiger partial charge in [0.25, 0.3) is 0 Å². The maximum atomic E-state index is 11.0. The summed E-state index contributed by atoms with van der Waals surface area (Å²) >= 11 is 0. The summed E-state index contributed by atoms with van der Waals surface area (Å²) < 4.78 is 11.0. The van der Waals surface area contributed by atoms with Crippen LogP contribution in [0.5, 0.6) is 0 Å². The van der Waals surface area contributed by atoms with E-state index < -0.39 is 5.83 Å². The number of rotatable bonds is 0. The van der Waals surface area contributed by atoms with Crippen molar-refractivity contribution in [2.45, 2.75) is 6.92 Å². The molecular formula is C3H4FO. The third-order valence-corrected chi connectivity index (χ3v) is 0.162. The highest BCUT2D eigenvalue weighted by molar-refractivity contribution is 4.74. The van der Waals surface area contributed by atoms with Gasteiger partial charge in [0.05, 0.1) is 0 Å². The molecule has 5 heavy (non-hydrogen) atoms. The van der Waals surface area contributed by atoms with Crippen LogP contribution in [-0.2, 0) is 5.11 Å². The molecule has 0 unspecified atom stereocenters. The molecule has 0 atom stereocenters. The normalized spacial score (nSPS) is 12.0. The monoisotopic (exact) mass is 75.0 g/mol. The van der Waals surface area contributed by atoms with Crippen LogP contribution in [0.3, 0.4) is 0 Å². The van der Waals surface area contributed by atoms with Crippen molar-refractivity contribution < 1.29 is 9.50 Å². The van der Waals surface area contributed by atoms with Crippen LogP contribution in [-0.4, -0.2) is 0 Å². The second kappa shape index (κ2) is 1.76. The molecule has 0 heterocycles. The van der Waals surface area contributed by atoms with E-state index in [1.54, 1.807) is 0 Å². The van der Waals surface area contributed by atoms with E-state index in [1.807, 2.05) is 0 Å². The fourth-order valence-corrected chi connectivity index (χ4v) is 0. The molecule has 0 aliphatic heterocycles. The Morgan fingerprint density at radius 3 is 2.20 bits per heavy atom. The van der Waals surface area contributed by atoms with E-state index >= 15 is 0 Å². The Morgan fingerprint density at radius 1 is 2.00 bits per heavy atom. The van der Waals surface area contributed by atoms with Crippen LogP contribution in [0.2, 0.25) is 0 Å². The molecule has 0 aliphatic rings. The first-order valence-corrected chi connectivity index (χ1v) is 1.21. The smallest absolute Gasteiger partial charge is 0.173 e. The molecule has 1 radical (unpaired) electrons. The fourth-order valence-electron chi connectivity index (χ4n) is 0. The minimum atomic E-state index is -0.676. The molecule has 0 N–H and O–H groups in total. The largest absolute Gasteiger partial charge is 0.296 e. The van der Waals surface area contributed by atoms with Crippen molar-refractivity contribution in [2.75, 3.05) is 0 Å². The molecule has 0 aromatic rings.